The summed E-state index contributed by atoms with van der Waals surface area (Å²) in [6, 6.07) is 5.45. The Hall–Kier alpha value is -3.87. The van der Waals surface area contributed by atoms with Crippen LogP contribution in [0.4, 0.5) is 11.4 Å². The summed E-state index contributed by atoms with van der Waals surface area (Å²) in [5, 5.41) is 10.1. The van der Waals surface area contributed by atoms with E-state index in [1.54, 1.807) is 37.0 Å². The number of carbonyl (C=O) groups excluding carboxylic acids is 2. The number of amides is 2. The van der Waals surface area contributed by atoms with Crippen LogP contribution in [0.15, 0.2) is 43.0 Å². The number of methoxy groups -OCH3 is 1. The molecule has 0 spiro atoms. The van der Waals surface area contributed by atoms with Gasteiger partial charge in [0.15, 0.2) is 0 Å². The van der Waals surface area contributed by atoms with E-state index < -0.39 is 0 Å². The zero-order valence-electron chi connectivity index (χ0n) is 20.7. The first kappa shape index (κ1) is 24.8. The molecule has 37 heavy (non-hydrogen) atoms. The van der Waals surface area contributed by atoms with Crippen molar-refractivity contribution in [3.05, 3.63) is 54.2 Å². The van der Waals surface area contributed by atoms with E-state index in [9.17, 15) is 9.59 Å². The van der Waals surface area contributed by atoms with Crippen LogP contribution in [0.3, 0.4) is 0 Å². The molecule has 0 radical (unpaired) electrons. The Kier molecular flexibility index (Phi) is 7.12. The topological polar surface area (TPSA) is 123 Å². The van der Waals surface area contributed by atoms with Crippen molar-refractivity contribution in [2.24, 2.45) is 0 Å². The number of nitrogens with one attached hydrogen (secondary N) is 2. The Balaban J connectivity index is 1.30. The van der Waals surface area contributed by atoms with Crippen molar-refractivity contribution in [1.29, 1.82) is 0 Å². The van der Waals surface area contributed by atoms with Gasteiger partial charge >= 0.3 is 0 Å². The molecule has 0 aliphatic carbocycles. The largest absolute Gasteiger partial charge is 0.481 e. The number of rotatable bonds is 7. The Morgan fingerprint density at radius 1 is 1.27 bits per heavy atom. The number of hydrogen-bond donors (Lipinski definition) is 2. The summed E-state index contributed by atoms with van der Waals surface area (Å²) in [6.45, 7) is 6.08. The molecule has 1 aliphatic heterocycles. The van der Waals surface area contributed by atoms with Crippen LogP contribution in [0.25, 0.3) is 15.3 Å². The first-order valence-electron chi connectivity index (χ1n) is 11.8. The lowest BCUT2D eigenvalue weighted by Crippen LogP contribution is -2.44. The van der Waals surface area contributed by atoms with E-state index in [-0.39, 0.29) is 24.5 Å². The molecule has 4 aromatic rings. The highest BCUT2D eigenvalue weighted by molar-refractivity contribution is 7.21. The molecule has 5 heterocycles. The van der Waals surface area contributed by atoms with Crippen molar-refractivity contribution in [2.45, 2.75) is 20.0 Å². The van der Waals surface area contributed by atoms with E-state index in [1.165, 1.54) is 17.5 Å². The van der Waals surface area contributed by atoms with Crippen LogP contribution in [0, 0.1) is 6.92 Å². The number of hydrogen-bond acceptors (Lipinski definition) is 9. The van der Waals surface area contributed by atoms with E-state index >= 15 is 0 Å². The molecule has 1 unspecified atom stereocenters. The van der Waals surface area contributed by atoms with Crippen LogP contribution < -0.4 is 15.4 Å². The predicted octanol–water partition coefficient (Wildman–Crippen LogP) is 3.08. The number of morpholine rings is 1. The minimum atomic E-state index is -0.322. The summed E-state index contributed by atoms with van der Waals surface area (Å²) in [4.78, 5) is 38.0. The lowest BCUT2D eigenvalue weighted by molar-refractivity contribution is -0.119. The third kappa shape index (κ3) is 5.45. The second-order valence-corrected chi connectivity index (χ2v) is 9.77. The molecule has 11 nitrogen and oxygen atoms in total. The summed E-state index contributed by atoms with van der Waals surface area (Å²) in [6.07, 6.45) is 6.72. The van der Waals surface area contributed by atoms with Gasteiger partial charge in [-0.3, -0.25) is 19.5 Å². The second-order valence-electron chi connectivity index (χ2n) is 8.74. The smallest absolute Gasteiger partial charge is 0.260 e. The standard InChI is InChI=1S/C25H27N7O4S/c1-15-12-31(7-8-36-15)14-22(33)29-17-9-20(16(2)27-10-17)30-23(34)19-11-28-32-13-21(37-25(19)32)18-5-4-6-26-24(18)35-3/h4-6,9-11,13,15H,7-8,12,14H2,1-3H3,(H,29,33)(H,30,34). The molecule has 12 heteroatoms. The van der Waals surface area contributed by atoms with Gasteiger partial charge in [-0.15, -0.1) is 11.3 Å². The minimum Gasteiger partial charge on any atom is -0.481 e. The van der Waals surface area contributed by atoms with Gasteiger partial charge in [0.25, 0.3) is 5.91 Å². The molecular weight excluding hydrogens is 494 g/mol. The van der Waals surface area contributed by atoms with Crippen LogP contribution >= 0.6 is 11.3 Å². The molecule has 1 fully saturated rings. The summed E-state index contributed by atoms with van der Waals surface area (Å²) in [5.41, 5.74) is 2.89. The predicted molar refractivity (Wildman–Crippen MR) is 140 cm³/mol. The fourth-order valence-corrected chi connectivity index (χ4v) is 5.24. The Bertz CT molecular complexity index is 1450. The average molecular weight is 522 g/mol. The van der Waals surface area contributed by atoms with Crippen LogP contribution in [-0.2, 0) is 9.53 Å². The molecule has 5 rings (SSSR count). The normalized spacial score (nSPS) is 16.0. The molecule has 4 aromatic heterocycles. The van der Waals surface area contributed by atoms with Crippen LogP contribution in [0.1, 0.15) is 23.0 Å². The molecule has 2 N–H and O–H groups in total. The number of pyridine rings is 2. The van der Waals surface area contributed by atoms with Gasteiger partial charge < -0.3 is 20.1 Å². The van der Waals surface area contributed by atoms with Crippen molar-refractivity contribution < 1.29 is 19.1 Å². The Morgan fingerprint density at radius 3 is 2.95 bits per heavy atom. The van der Waals surface area contributed by atoms with E-state index in [0.717, 1.165) is 10.4 Å². The summed E-state index contributed by atoms with van der Waals surface area (Å²) < 4.78 is 12.6. The molecule has 192 valence electrons. The number of ether oxygens (including phenoxy) is 2. The highest BCUT2D eigenvalue weighted by atomic mass is 32.1. The molecule has 2 amide bonds. The SMILES string of the molecule is COc1ncccc1-c1cn2ncc(C(=O)Nc3cc(NC(=O)CN4CCOC(C)C4)cnc3C)c2s1. The average Bonchev–Trinajstić information content (AvgIpc) is 3.47. The molecule has 1 aliphatic rings. The van der Waals surface area contributed by atoms with Crippen LogP contribution in [0.5, 0.6) is 5.88 Å². The van der Waals surface area contributed by atoms with E-state index in [1.807, 2.05) is 25.3 Å². The molecular formula is C25H27N7O4S. The van der Waals surface area contributed by atoms with E-state index in [0.29, 0.717) is 53.0 Å². The highest BCUT2D eigenvalue weighted by Crippen LogP contribution is 2.35. The molecule has 0 saturated carbocycles. The fourth-order valence-electron chi connectivity index (χ4n) is 4.16. The summed E-state index contributed by atoms with van der Waals surface area (Å²) in [5.74, 6) is 0.0336. The maximum atomic E-state index is 13.2. The molecule has 0 bridgehead atoms. The fraction of sp³-hybridized carbons (Fsp3) is 0.320. The van der Waals surface area contributed by atoms with Crippen molar-refractivity contribution in [1.82, 2.24) is 24.5 Å². The van der Waals surface area contributed by atoms with Gasteiger partial charge in [0.2, 0.25) is 11.8 Å². The van der Waals surface area contributed by atoms with Crippen LogP contribution in [-0.4, -0.2) is 75.8 Å². The van der Waals surface area contributed by atoms with E-state index in [4.69, 9.17) is 9.47 Å². The second kappa shape index (κ2) is 10.6. The zero-order chi connectivity index (χ0) is 25.9. The monoisotopic (exact) mass is 521 g/mol. The third-order valence-corrected chi connectivity index (χ3v) is 7.13. The van der Waals surface area contributed by atoms with Crippen molar-refractivity contribution in [3.63, 3.8) is 0 Å². The van der Waals surface area contributed by atoms with Gasteiger partial charge in [-0.2, -0.15) is 5.10 Å². The number of fused-ring (bicyclic) bond motifs is 1. The number of anilines is 2. The minimum absolute atomic E-state index is 0.102. The summed E-state index contributed by atoms with van der Waals surface area (Å²) in [7, 11) is 1.57. The maximum absolute atomic E-state index is 13.2. The number of aryl methyl sites for hydroxylation is 1. The summed E-state index contributed by atoms with van der Waals surface area (Å²) >= 11 is 1.42. The third-order valence-electron chi connectivity index (χ3n) is 5.98. The lowest BCUT2D eigenvalue weighted by atomic mass is 10.2. The zero-order valence-corrected chi connectivity index (χ0v) is 21.5. The highest BCUT2D eigenvalue weighted by Gasteiger charge is 2.21. The van der Waals surface area contributed by atoms with Crippen molar-refractivity contribution in [3.8, 4) is 16.3 Å². The Morgan fingerprint density at radius 2 is 2.14 bits per heavy atom. The molecule has 1 saturated heterocycles. The van der Waals surface area contributed by atoms with Gasteiger partial charge in [-0.05, 0) is 32.0 Å². The van der Waals surface area contributed by atoms with Gasteiger partial charge in [0.1, 0.15) is 4.83 Å². The maximum Gasteiger partial charge on any atom is 0.260 e. The number of aromatic nitrogens is 4. The lowest BCUT2D eigenvalue weighted by Gasteiger charge is -2.30. The molecule has 0 aromatic carbocycles. The van der Waals surface area contributed by atoms with Gasteiger partial charge in [-0.1, -0.05) is 0 Å². The van der Waals surface area contributed by atoms with Gasteiger partial charge in [0, 0.05) is 25.5 Å². The first-order chi connectivity index (χ1) is 17.9. The van der Waals surface area contributed by atoms with Gasteiger partial charge in [0.05, 0.1) is 71.8 Å². The van der Waals surface area contributed by atoms with Gasteiger partial charge in [-0.25, -0.2) is 9.50 Å². The van der Waals surface area contributed by atoms with Crippen LogP contribution in [0.2, 0.25) is 0 Å². The number of thiazole rings is 1. The van der Waals surface area contributed by atoms with Crippen molar-refractivity contribution >= 4 is 39.4 Å². The van der Waals surface area contributed by atoms with Crippen molar-refractivity contribution in [2.75, 3.05) is 44.0 Å². The number of nitrogens with zero attached hydrogens (tertiary/aromatic N) is 5. The Labute approximate surface area is 217 Å². The van der Waals surface area contributed by atoms with E-state index in [2.05, 4.69) is 30.6 Å². The molecule has 1 atom stereocenters. The quantitative estimate of drug-likeness (QED) is 0.380. The first-order valence-corrected chi connectivity index (χ1v) is 12.6. The number of carbonyl (C=O) groups is 2.